The molecule has 0 aromatic heterocycles. The van der Waals surface area contributed by atoms with Gasteiger partial charge >= 0.3 is 0 Å². The van der Waals surface area contributed by atoms with Crippen molar-refractivity contribution in [2.24, 2.45) is 4.40 Å². The van der Waals surface area contributed by atoms with Crippen molar-refractivity contribution in [1.29, 1.82) is 0 Å². The van der Waals surface area contributed by atoms with Crippen LogP contribution < -0.4 is 0 Å². The van der Waals surface area contributed by atoms with E-state index < -0.39 is 11.3 Å². The van der Waals surface area contributed by atoms with Crippen LogP contribution in [-0.2, 0) is 11.3 Å². The van der Waals surface area contributed by atoms with Gasteiger partial charge in [-0.2, -0.15) is 4.40 Å². The molecule has 0 aromatic carbocycles. The topological polar surface area (TPSA) is 52.5 Å². The van der Waals surface area contributed by atoms with E-state index in [2.05, 4.69) is 4.40 Å². The van der Waals surface area contributed by atoms with Crippen LogP contribution in [-0.4, -0.2) is 14.4 Å². The smallest absolute Gasteiger partial charge is 0.102 e. The lowest BCUT2D eigenvalue weighted by Crippen LogP contribution is -1.75. The van der Waals surface area contributed by atoms with Gasteiger partial charge in [-0.05, 0) is 0 Å². The van der Waals surface area contributed by atoms with Crippen molar-refractivity contribution in [3.8, 4) is 0 Å². The summed E-state index contributed by atoms with van der Waals surface area (Å²) in [4.78, 5) is 0. The van der Waals surface area contributed by atoms with E-state index in [1.165, 1.54) is 0 Å². The quantitative estimate of drug-likeness (QED) is 0.368. The minimum absolute atomic E-state index is 0.684. The molecule has 0 spiro atoms. The minimum atomic E-state index is -2.38. The second-order valence-electron chi connectivity index (χ2n) is 0.420. The number of hydrogen-bond donors (Lipinski definition) is 0. The van der Waals surface area contributed by atoms with Crippen LogP contribution in [0.4, 0.5) is 0 Å². The molecule has 0 bridgehead atoms. The van der Waals surface area contributed by atoms with Gasteiger partial charge in [0, 0.05) is 0 Å². The summed E-state index contributed by atoms with van der Waals surface area (Å²) in [6.45, 7) is 0. The Morgan fingerprint density at radius 2 is 2.50 bits per heavy atom. The SMILES string of the molecule is O=S([O-])N=CCl. The number of rotatable bonds is 1. The van der Waals surface area contributed by atoms with E-state index in [1.807, 2.05) is 0 Å². The highest BCUT2D eigenvalue weighted by atomic mass is 35.5. The van der Waals surface area contributed by atoms with E-state index in [1.54, 1.807) is 0 Å². The average Bonchev–Trinajstić information content (AvgIpc) is 1.35. The Bertz CT molecular complexity index is 81.6. The second kappa shape index (κ2) is 3.27. The van der Waals surface area contributed by atoms with E-state index in [0.29, 0.717) is 5.67 Å². The van der Waals surface area contributed by atoms with Gasteiger partial charge in [0.25, 0.3) is 0 Å². The third kappa shape index (κ3) is 4.07. The summed E-state index contributed by atoms with van der Waals surface area (Å²) in [5.41, 5.74) is 0.684. The maximum absolute atomic E-state index is 9.32. The van der Waals surface area contributed by atoms with Crippen molar-refractivity contribution in [3.05, 3.63) is 0 Å². The van der Waals surface area contributed by atoms with Gasteiger partial charge in [-0.1, -0.05) is 11.6 Å². The molecule has 0 amide bonds. The fraction of sp³-hybridized carbons (Fsp3) is 0. The molecule has 3 nitrogen and oxygen atoms in total. The lowest BCUT2D eigenvalue weighted by atomic mass is 11.7. The van der Waals surface area contributed by atoms with E-state index in [4.69, 9.17) is 11.6 Å². The van der Waals surface area contributed by atoms with Crippen molar-refractivity contribution in [1.82, 2.24) is 0 Å². The van der Waals surface area contributed by atoms with E-state index >= 15 is 0 Å². The zero-order valence-electron chi connectivity index (χ0n) is 2.63. The largest absolute Gasteiger partial charge is 0.754 e. The van der Waals surface area contributed by atoms with E-state index in [9.17, 15) is 8.76 Å². The van der Waals surface area contributed by atoms with Crippen molar-refractivity contribution in [3.63, 3.8) is 0 Å². The number of hydrogen-bond acceptors (Lipinski definition) is 2. The Kier molecular flexibility index (Phi) is 3.31. The molecule has 0 saturated heterocycles. The Morgan fingerprint density at radius 1 is 2.00 bits per heavy atom. The van der Waals surface area contributed by atoms with Gasteiger partial charge in [0.15, 0.2) is 0 Å². The predicted molar refractivity (Wildman–Crippen MR) is 23.3 cm³/mol. The summed E-state index contributed by atoms with van der Waals surface area (Å²) >= 11 is 2.33. The summed E-state index contributed by atoms with van der Waals surface area (Å²) in [6.07, 6.45) is 0. The van der Waals surface area contributed by atoms with Gasteiger partial charge in [-0.3, -0.25) is 4.21 Å². The Labute approximate surface area is 42.5 Å². The van der Waals surface area contributed by atoms with Gasteiger partial charge in [-0.15, -0.1) is 0 Å². The first-order valence-corrected chi connectivity index (χ1v) is 2.46. The molecule has 0 heterocycles. The van der Waals surface area contributed by atoms with Gasteiger partial charge in [0.05, 0.1) is 11.3 Å². The Balaban J connectivity index is 3.30. The molecule has 0 N–H and O–H groups in total. The van der Waals surface area contributed by atoms with Gasteiger partial charge in [-0.25, -0.2) is 0 Å². The van der Waals surface area contributed by atoms with Crippen LogP contribution in [0.25, 0.3) is 0 Å². The highest BCUT2D eigenvalue weighted by Gasteiger charge is 1.59. The number of halogens is 1. The molecular formula is CHClNO2S-. The molecule has 0 aliphatic rings. The van der Waals surface area contributed by atoms with Crippen LogP contribution in [0.15, 0.2) is 4.40 Å². The number of nitrogens with zero attached hydrogens (tertiary/aromatic N) is 1. The lowest BCUT2D eigenvalue weighted by Gasteiger charge is -1.88. The first-order chi connectivity index (χ1) is 2.77. The molecule has 0 rings (SSSR count). The normalized spacial score (nSPS) is 15.7. The molecule has 1 unspecified atom stereocenters. The van der Waals surface area contributed by atoms with E-state index in [0.717, 1.165) is 0 Å². The third-order valence-electron chi connectivity index (χ3n) is 0.126. The van der Waals surface area contributed by atoms with Crippen LogP contribution in [0.3, 0.4) is 0 Å². The standard InChI is InChI=1S/CH2ClNO2S/c2-1-3-6(4)5/h1H,(H,4,5)/p-1. The zero-order valence-corrected chi connectivity index (χ0v) is 4.20. The second-order valence-corrected chi connectivity index (χ2v) is 1.26. The highest BCUT2D eigenvalue weighted by Crippen LogP contribution is 1.71. The summed E-state index contributed by atoms with van der Waals surface area (Å²) in [5, 5.41) is 0. The predicted octanol–water partition coefficient (Wildman–Crippen LogP) is 0.0476. The van der Waals surface area contributed by atoms with Gasteiger partial charge < -0.3 is 4.55 Å². The molecule has 0 aliphatic carbocycles. The fourth-order valence-electron chi connectivity index (χ4n) is 0.0325. The fourth-order valence-corrected chi connectivity index (χ4v) is 0.293. The monoisotopic (exact) mass is 126 g/mol. The lowest BCUT2D eigenvalue weighted by molar-refractivity contribution is 0.539. The van der Waals surface area contributed by atoms with Crippen molar-refractivity contribution >= 4 is 28.5 Å². The van der Waals surface area contributed by atoms with E-state index in [-0.39, 0.29) is 0 Å². The molecule has 5 heteroatoms. The van der Waals surface area contributed by atoms with Crippen molar-refractivity contribution < 1.29 is 8.76 Å². The molecule has 0 aliphatic heterocycles. The molecular weight excluding hydrogens is 126 g/mol. The van der Waals surface area contributed by atoms with Crippen LogP contribution in [0, 0.1) is 0 Å². The molecule has 0 fully saturated rings. The van der Waals surface area contributed by atoms with Gasteiger partial charge in [0.2, 0.25) is 0 Å². The van der Waals surface area contributed by atoms with Crippen molar-refractivity contribution in [2.45, 2.75) is 0 Å². The summed E-state index contributed by atoms with van der Waals surface area (Å²) in [5.74, 6) is 0. The minimum Gasteiger partial charge on any atom is -0.754 e. The van der Waals surface area contributed by atoms with Crippen LogP contribution in [0.1, 0.15) is 0 Å². The Morgan fingerprint density at radius 3 is 2.50 bits per heavy atom. The van der Waals surface area contributed by atoms with Crippen LogP contribution in [0.5, 0.6) is 0 Å². The van der Waals surface area contributed by atoms with Crippen LogP contribution >= 0.6 is 11.6 Å². The van der Waals surface area contributed by atoms with Crippen molar-refractivity contribution in [2.75, 3.05) is 0 Å². The molecule has 0 saturated carbocycles. The maximum atomic E-state index is 9.32. The molecule has 36 valence electrons. The zero-order chi connectivity index (χ0) is 4.99. The first-order valence-electron chi connectivity index (χ1n) is 0.992. The molecule has 0 aromatic rings. The highest BCUT2D eigenvalue weighted by molar-refractivity contribution is 7.77. The van der Waals surface area contributed by atoms with Crippen LogP contribution in [0.2, 0.25) is 0 Å². The summed E-state index contributed by atoms with van der Waals surface area (Å²) in [7, 11) is 0. The maximum Gasteiger partial charge on any atom is 0.102 e. The Hall–Kier alpha value is 0.0700. The molecule has 1 atom stereocenters. The van der Waals surface area contributed by atoms with Gasteiger partial charge in [0.1, 0.15) is 5.67 Å². The molecule has 0 radical (unpaired) electrons. The summed E-state index contributed by atoms with van der Waals surface area (Å²) in [6, 6.07) is 0. The summed E-state index contributed by atoms with van der Waals surface area (Å²) < 4.78 is 21.3. The third-order valence-corrected chi connectivity index (χ3v) is 0.617. The first kappa shape index (κ1) is 6.07. The molecule has 6 heavy (non-hydrogen) atoms. The average molecular weight is 127 g/mol.